The van der Waals surface area contributed by atoms with E-state index in [1.54, 1.807) is 0 Å². The molecule has 1 heterocycles. The van der Waals surface area contributed by atoms with E-state index in [0.717, 1.165) is 25.0 Å². The van der Waals surface area contributed by atoms with Crippen LogP contribution in [0.25, 0.3) is 0 Å². The van der Waals surface area contributed by atoms with E-state index in [9.17, 15) is 0 Å². The summed E-state index contributed by atoms with van der Waals surface area (Å²) in [4.78, 5) is 0. The normalized spacial score (nSPS) is 24.3. The summed E-state index contributed by atoms with van der Waals surface area (Å²) in [5, 5.41) is 4.39. The fourth-order valence-electron chi connectivity index (χ4n) is 1.11. The lowest BCUT2D eigenvalue weighted by Gasteiger charge is -2.23. The third-order valence-corrected chi connectivity index (χ3v) is 2.22. The molecule has 0 bridgehead atoms. The molecule has 0 aliphatic carbocycles. The van der Waals surface area contributed by atoms with Crippen LogP contribution in [0.5, 0.6) is 0 Å². The number of morpholine rings is 1. The third kappa shape index (κ3) is 5.17. The van der Waals surface area contributed by atoms with Gasteiger partial charge in [-0.3, -0.25) is 0 Å². The second-order valence-electron chi connectivity index (χ2n) is 2.53. The van der Waals surface area contributed by atoms with Crippen molar-refractivity contribution in [2.45, 2.75) is 18.9 Å². The van der Waals surface area contributed by atoms with Crippen molar-refractivity contribution in [1.29, 1.82) is 0 Å². The molecule has 0 saturated carbocycles. The Hall–Kier alpha value is 0.880. The fraction of sp³-hybridized carbons (Fsp3) is 1.00. The van der Waals surface area contributed by atoms with Crippen LogP contribution in [0.3, 0.4) is 0 Å². The van der Waals surface area contributed by atoms with Crippen LogP contribution in [0.1, 0.15) is 12.8 Å². The van der Waals surface area contributed by atoms with E-state index < -0.39 is 0 Å². The van der Waals surface area contributed by atoms with Gasteiger partial charge in [-0.2, -0.15) is 0 Å². The topological polar surface area (TPSA) is 21.3 Å². The maximum absolute atomic E-state index is 5.50. The van der Waals surface area contributed by atoms with E-state index in [1.165, 1.54) is 12.8 Å². The average Bonchev–Trinajstić information content (AvgIpc) is 2.03. The number of ether oxygens (including phenoxy) is 1. The van der Waals surface area contributed by atoms with Gasteiger partial charge in [0.15, 0.2) is 0 Å². The first-order valence-corrected chi connectivity index (χ1v) is 4.94. The molecule has 2 nitrogen and oxygen atoms in total. The minimum atomic E-state index is 0. The number of hydrogen-bond acceptors (Lipinski definition) is 2. The van der Waals surface area contributed by atoms with Crippen LogP contribution in [0.2, 0.25) is 0 Å². The molecule has 0 amide bonds. The summed E-state index contributed by atoms with van der Waals surface area (Å²) in [6, 6.07) is 0. The average molecular weight is 289 g/mol. The van der Waals surface area contributed by atoms with Gasteiger partial charge >= 0.3 is 0 Å². The summed E-state index contributed by atoms with van der Waals surface area (Å²) in [6.45, 7) is 2.94. The maximum atomic E-state index is 5.50. The van der Waals surface area contributed by atoms with Gasteiger partial charge in [-0.1, -0.05) is 15.9 Å². The Morgan fingerprint density at radius 2 is 2.36 bits per heavy atom. The standard InChI is InChI=1S/C7H14BrNO.BrH/c8-3-1-2-7-6-9-4-5-10-7;/h7,9H,1-6H2;1H. The molecular weight excluding hydrogens is 274 g/mol. The lowest BCUT2D eigenvalue weighted by Crippen LogP contribution is -2.38. The van der Waals surface area contributed by atoms with E-state index in [2.05, 4.69) is 21.2 Å². The van der Waals surface area contributed by atoms with Crippen molar-refractivity contribution >= 4 is 32.9 Å². The number of alkyl halides is 1. The molecule has 0 aromatic rings. The third-order valence-electron chi connectivity index (χ3n) is 1.66. The van der Waals surface area contributed by atoms with Crippen molar-refractivity contribution in [3.8, 4) is 0 Å². The van der Waals surface area contributed by atoms with Gasteiger partial charge in [-0.15, -0.1) is 17.0 Å². The molecule has 1 rings (SSSR count). The minimum Gasteiger partial charge on any atom is -0.376 e. The molecule has 1 fully saturated rings. The number of rotatable bonds is 3. The first-order chi connectivity index (χ1) is 4.93. The number of nitrogens with one attached hydrogen (secondary N) is 1. The van der Waals surface area contributed by atoms with Gasteiger partial charge < -0.3 is 10.1 Å². The van der Waals surface area contributed by atoms with Gasteiger partial charge in [0.1, 0.15) is 0 Å². The van der Waals surface area contributed by atoms with E-state index in [1.807, 2.05) is 0 Å². The zero-order valence-electron chi connectivity index (χ0n) is 6.51. The van der Waals surface area contributed by atoms with Crippen LogP contribution in [0, 0.1) is 0 Å². The maximum Gasteiger partial charge on any atom is 0.0700 e. The largest absolute Gasteiger partial charge is 0.376 e. The van der Waals surface area contributed by atoms with Crippen molar-refractivity contribution in [3.05, 3.63) is 0 Å². The van der Waals surface area contributed by atoms with Crippen LogP contribution < -0.4 is 5.32 Å². The highest BCUT2D eigenvalue weighted by Crippen LogP contribution is 2.05. The van der Waals surface area contributed by atoms with Crippen molar-refractivity contribution in [2.75, 3.05) is 25.0 Å². The van der Waals surface area contributed by atoms with Crippen LogP contribution in [-0.4, -0.2) is 31.1 Å². The summed E-state index contributed by atoms with van der Waals surface area (Å²) in [6.07, 6.45) is 2.86. The van der Waals surface area contributed by atoms with Crippen molar-refractivity contribution in [3.63, 3.8) is 0 Å². The molecule has 0 aromatic carbocycles. The zero-order chi connectivity index (χ0) is 7.23. The molecule has 0 aromatic heterocycles. The van der Waals surface area contributed by atoms with Gasteiger partial charge in [-0.05, 0) is 12.8 Å². The highest BCUT2D eigenvalue weighted by atomic mass is 79.9. The van der Waals surface area contributed by atoms with Gasteiger partial charge in [0.05, 0.1) is 12.7 Å². The lowest BCUT2D eigenvalue weighted by atomic mass is 10.2. The molecule has 1 aliphatic rings. The lowest BCUT2D eigenvalue weighted by molar-refractivity contribution is 0.0234. The Bertz CT molecular complexity index is 86.5. The van der Waals surface area contributed by atoms with Crippen LogP contribution in [0.4, 0.5) is 0 Å². The summed E-state index contributed by atoms with van der Waals surface area (Å²) >= 11 is 3.40. The summed E-state index contributed by atoms with van der Waals surface area (Å²) in [7, 11) is 0. The van der Waals surface area contributed by atoms with Gasteiger partial charge in [-0.25, -0.2) is 0 Å². The van der Waals surface area contributed by atoms with Crippen molar-refractivity contribution in [1.82, 2.24) is 5.32 Å². The van der Waals surface area contributed by atoms with E-state index >= 15 is 0 Å². The van der Waals surface area contributed by atoms with Gasteiger partial charge in [0, 0.05) is 18.4 Å². The summed E-state index contributed by atoms with van der Waals surface area (Å²) in [5.74, 6) is 0. The molecule has 1 saturated heterocycles. The van der Waals surface area contributed by atoms with E-state index in [0.29, 0.717) is 6.10 Å². The predicted molar refractivity (Wildman–Crippen MR) is 56.0 cm³/mol. The Morgan fingerprint density at radius 3 is 2.91 bits per heavy atom. The smallest absolute Gasteiger partial charge is 0.0700 e. The Labute approximate surface area is 87.0 Å². The molecule has 4 heteroatoms. The summed E-state index contributed by atoms with van der Waals surface area (Å²) in [5.41, 5.74) is 0. The summed E-state index contributed by atoms with van der Waals surface area (Å²) < 4.78 is 5.50. The van der Waals surface area contributed by atoms with Crippen LogP contribution in [-0.2, 0) is 4.74 Å². The molecule has 1 unspecified atom stereocenters. The second-order valence-corrected chi connectivity index (χ2v) is 3.32. The molecule has 1 N–H and O–H groups in total. The number of halogens is 2. The molecule has 0 spiro atoms. The highest BCUT2D eigenvalue weighted by Gasteiger charge is 2.11. The molecule has 0 radical (unpaired) electrons. The Balaban J connectivity index is 0.000001000. The number of hydrogen-bond donors (Lipinski definition) is 1. The van der Waals surface area contributed by atoms with Crippen LogP contribution >= 0.6 is 32.9 Å². The predicted octanol–water partition coefficient (Wildman–Crippen LogP) is 1.73. The molecule has 1 aliphatic heterocycles. The SMILES string of the molecule is Br.BrCCCC1CNCCO1. The fourth-order valence-corrected chi connectivity index (χ4v) is 1.43. The molecular formula is C7H15Br2NO. The Morgan fingerprint density at radius 1 is 1.55 bits per heavy atom. The first kappa shape index (κ1) is 11.9. The van der Waals surface area contributed by atoms with Gasteiger partial charge in [0.2, 0.25) is 0 Å². The zero-order valence-corrected chi connectivity index (χ0v) is 9.81. The highest BCUT2D eigenvalue weighted by molar-refractivity contribution is 9.09. The molecule has 11 heavy (non-hydrogen) atoms. The quantitative estimate of drug-likeness (QED) is 0.799. The van der Waals surface area contributed by atoms with Crippen molar-refractivity contribution in [2.24, 2.45) is 0 Å². The van der Waals surface area contributed by atoms with E-state index in [-0.39, 0.29) is 17.0 Å². The Kier molecular flexibility index (Phi) is 8.13. The minimum absolute atomic E-state index is 0. The van der Waals surface area contributed by atoms with Crippen molar-refractivity contribution < 1.29 is 4.74 Å². The van der Waals surface area contributed by atoms with Gasteiger partial charge in [0.25, 0.3) is 0 Å². The second kappa shape index (κ2) is 7.53. The molecule has 68 valence electrons. The monoisotopic (exact) mass is 287 g/mol. The first-order valence-electron chi connectivity index (χ1n) is 3.82. The van der Waals surface area contributed by atoms with E-state index in [4.69, 9.17) is 4.74 Å². The van der Waals surface area contributed by atoms with Crippen LogP contribution in [0.15, 0.2) is 0 Å². The molecule has 1 atom stereocenters.